The van der Waals surface area contributed by atoms with E-state index < -0.39 is 6.09 Å². The summed E-state index contributed by atoms with van der Waals surface area (Å²) in [4.78, 5) is 11.7. The fraction of sp³-hybridized carbons (Fsp3) is 0.133. The SMILES string of the molecule is COc1cccc(OC(=O)Nc2ccc(C)cc2)c1. The molecule has 1 amide bonds. The van der Waals surface area contributed by atoms with Crippen LogP contribution in [-0.4, -0.2) is 13.2 Å². The summed E-state index contributed by atoms with van der Waals surface area (Å²) >= 11 is 0. The van der Waals surface area contributed by atoms with Crippen molar-refractivity contribution in [3.8, 4) is 11.5 Å². The zero-order valence-electron chi connectivity index (χ0n) is 10.8. The predicted molar refractivity (Wildman–Crippen MR) is 73.8 cm³/mol. The van der Waals surface area contributed by atoms with Gasteiger partial charge in [-0.05, 0) is 31.2 Å². The fourth-order valence-electron chi connectivity index (χ4n) is 1.55. The molecule has 98 valence electrons. The van der Waals surface area contributed by atoms with Crippen LogP contribution in [0.2, 0.25) is 0 Å². The first kappa shape index (κ1) is 13.0. The Hall–Kier alpha value is -2.49. The lowest BCUT2D eigenvalue weighted by Crippen LogP contribution is -2.16. The first-order valence-corrected chi connectivity index (χ1v) is 5.87. The number of ether oxygens (including phenoxy) is 2. The van der Waals surface area contributed by atoms with Gasteiger partial charge in [-0.15, -0.1) is 0 Å². The third-order valence-electron chi connectivity index (χ3n) is 2.55. The highest BCUT2D eigenvalue weighted by atomic mass is 16.6. The highest BCUT2D eigenvalue weighted by molar-refractivity contribution is 5.86. The predicted octanol–water partition coefficient (Wildman–Crippen LogP) is 3.61. The first-order valence-electron chi connectivity index (χ1n) is 5.87. The van der Waals surface area contributed by atoms with Gasteiger partial charge in [0.2, 0.25) is 0 Å². The van der Waals surface area contributed by atoms with Crippen molar-refractivity contribution in [3.63, 3.8) is 0 Å². The summed E-state index contributed by atoms with van der Waals surface area (Å²) in [5.41, 5.74) is 1.82. The van der Waals surface area contributed by atoms with Gasteiger partial charge < -0.3 is 9.47 Å². The molecule has 0 atom stereocenters. The van der Waals surface area contributed by atoms with Gasteiger partial charge in [-0.1, -0.05) is 23.8 Å². The molecule has 0 aliphatic carbocycles. The van der Waals surface area contributed by atoms with E-state index in [0.29, 0.717) is 17.2 Å². The van der Waals surface area contributed by atoms with E-state index in [2.05, 4.69) is 5.32 Å². The Labute approximate surface area is 112 Å². The van der Waals surface area contributed by atoms with Gasteiger partial charge in [0.1, 0.15) is 11.5 Å². The van der Waals surface area contributed by atoms with Crippen molar-refractivity contribution in [2.75, 3.05) is 12.4 Å². The minimum Gasteiger partial charge on any atom is -0.497 e. The topological polar surface area (TPSA) is 47.6 Å². The van der Waals surface area contributed by atoms with E-state index in [4.69, 9.17) is 9.47 Å². The molecule has 0 aliphatic rings. The fourth-order valence-corrected chi connectivity index (χ4v) is 1.55. The number of benzene rings is 2. The summed E-state index contributed by atoms with van der Waals surface area (Å²) in [6.07, 6.45) is -0.530. The number of rotatable bonds is 3. The van der Waals surface area contributed by atoms with Gasteiger partial charge in [-0.25, -0.2) is 4.79 Å². The van der Waals surface area contributed by atoms with Gasteiger partial charge in [-0.2, -0.15) is 0 Å². The van der Waals surface area contributed by atoms with E-state index in [-0.39, 0.29) is 0 Å². The second-order valence-corrected chi connectivity index (χ2v) is 4.06. The molecule has 2 rings (SSSR count). The summed E-state index contributed by atoms with van der Waals surface area (Å²) in [6.45, 7) is 1.98. The second kappa shape index (κ2) is 5.91. The van der Waals surface area contributed by atoms with Crippen molar-refractivity contribution >= 4 is 11.8 Å². The molecule has 2 aromatic rings. The van der Waals surface area contributed by atoms with Crippen molar-refractivity contribution in [2.45, 2.75) is 6.92 Å². The lowest BCUT2D eigenvalue weighted by molar-refractivity contribution is 0.215. The van der Waals surface area contributed by atoms with E-state index >= 15 is 0 Å². The molecule has 4 nitrogen and oxygen atoms in total. The van der Waals surface area contributed by atoms with Crippen LogP contribution in [0.15, 0.2) is 48.5 Å². The third-order valence-corrected chi connectivity index (χ3v) is 2.55. The normalized spacial score (nSPS) is 9.79. The monoisotopic (exact) mass is 257 g/mol. The van der Waals surface area contributed by atoms with Gasteiger partial charge in [0, 0.05) is 11.8 Å². The third kappa shape index (κ3) is 3.74. The molecule has 4 heteroatoms. The van der Waals surface area contributed by atoms with E-state index in [0.717, 1.165) is 5.56 Å². The highest BCUT2D eigenvalue weighted by Gasteiger charge is 2.05. The molecular weight excluding hydrogens is 242 g/mol. The summed E-state index contributed by atoms with van der Waals surface area (Å²) in [7, 11) is 1.56. The van der Waals surface area contributed by atoms with Gasteiger partial charge in [-0.3, -0.25) is 5.32 Å². The van der Waals surface area contributed by atoms with E-state index in [1.807, 2.05) is 31.2 Å². The summed E-state index contributed by atoms with van der Waals surface area (Å²) in [5.74, 6) is 1.07. The molecule has 0 heterocycles. The zero-order valence-corrected chi connectivity index (χ0v) is 10.8. The van der Waals surface area contributed by atoms with Crippen LogP contribution in [0.25, 0.3) is 0 Å². The number of carbonyl (C=O) groups is 1. The maximum absolute atomic E-state index is 11.7. The van der Waals surface area contributed by atoms with Gasteiger partial charge in [0.25, 0.3) is 0 Å². The molecule has 0 saturated carbocycles. The average Bonchev–Trinajstić information content (AvgIpc) is 2.41. The molecule has 1 N–H and O–H groups in total. The van der Waals surface area contributed by atoms with E-state index in [1.165, 1.54) is 0 Å². The minimum atomic E-state index is -0.530. The standard InChI is InChI=1S/C15H15NO3/c1-11-6-8-12(9-7-11)16-15(17)19-14-5-3-4-13(10-14)18-2/h3-10H,1-2H3,(H,16,17). The number of methoxy groups -OCH3 is 1. The number of aryl methyl sites for hydroxylation is 1. The number of hydrogen-bond acceptors (Lipinski definition) is 3. The van der Waals surface area contributed by atoms with Crippen molar-refractivity contribution in [1.29, 1.82) is 0 Å². The summed E-state index contributed by atoms with van der Waals surface area (Å²) in [5, 5.41) is 2.65. The Bertz CT molecular complexity index is 564. The molecule has 0 spiro atoms. The average molecular weight is 257 g/mol. The molecule has 0 aromatic heterocycles. The van der Waals surface area contributed by atoms with Crippen LogP contribution in [0, 0.1) is 6.92 Å². The van der Waals surface area contributed by atoms with Crippen molar-refractivity contribution in [1.82, 2.24) is 0 Å². The number of carbonyl (C=O) groups excluding carboxylic acids is 1. The van der Waals surface area contributed by atoms with Crippen LogP contribution in [0.1, 0.15) is 5.56 Å². The van der Waals surface area contributed by atoms with Crippen molar-refractivity contribution < 1.29 is 14.3 Å². The first-order chi connectivity index (χ1) is 9.17. The van der Waals surface area contributed by atoms with E-state index in [9.17, 15) is 4.79 Å². The van der Waals surface area contributed by atoms with Crippen LogP contribution in [0.4, 0.5) is 10.5 Å². The van der Waals surface area contributed by atoms with Crippen LogP contribution in [-0.2, 0) is 0 Å². The maximum Gasteiger partial charge on any atom is 0.417 e. The Morgan fingerprint density at radius 2 is 1.74 bits per heavy atom. The lowest BCUT2D eigenvalue weighted by Gasteiger charge is -2.07. The number of amides is 1. The largest absolute Gasteiger partial charge is 0.497 e. The quantitative estimate of drug-likeness (QED) is 0.913. The summed E-state index contributed by atoms with van der Waals surface area (Å²) in [6, 6.07) is 14.4. The molecule has 0 radical (unpaired) electrons. The molecule has 0 bridgehead atoms. The van der Waals surface area contributed by atoms with Crippen LogP contribution in [0.5, 0.6) is 11.5 Å². The minimum absolute atomic E-state index is 0.434. The molecule has 0 saturated heterocycles. The maximum atomic E-state index is 11.7. The Morgan fingerprint density at radius 3 is 2.42 bits per heavy atom. The van der Waals surface area contributed by atoms with Crippen molar-refractivity contribution in [2.24, 2.45) is 0 Å². The molecule has 0 unspecified atom stereocenters. The molecule has 0 aliphatic heterocycles. The number of nitrogens with one attached hydrogen (secondary N) is 1. The highest BCUT2D eigenvalue weighted by Crippen LogP contribution is 2.19. The zero-order chi connectivity index (χ0) is 13.7. The number of hydrogen-bond donors (Lipinski definition) is 1. The van der Waals surface area contributed by atoms with Gasteiger partial charge >= 0.3 is 6.09 Å². The summed E-state index contributed by atoms with van der Waals surface area (Å²) < 4.78 is 10.2. The number of anilines is 1. The van der Waals surface area contributed by atoms with Crippen LogP contribution >= 0.6 is 0 Å². The van der Waals surface area contributed by atoms with Crippen LogP contribution in [0.3, 0.4) is 0 Å². The Balaban J connectivity index is 1.99. The molecule has 2 aromatic carbocycles. The second-order valence-electron chi connectivity index (χ2n) is 4.06. The molecule has 0 fully saturated rings. The Morgan fingerprint density at radius 1 is 1.05 bits per heavy atom. The Kier molecular flexibility index (Phi) is 4.03. The van der Waals surface area contributed by atoms with Crippen LogP contribution < -0.4 is 14.8 Å². The smallest absolute Gasteiger partial charge is 0.417 e. The van der Waals surface area contributed by atoms with Gasteiger partial charge in [0.05, 0.1) is 7.11 Å². The molecule has 19 heavy (non-hydrogen) atoms. The molecular formula is C15H15NO3. The van der Waals surface area contributed by atoms with Crippen molar-refractivity contribution in [3.05, 3.63) is 54.1 Å². The van der Waals surface area contributed by atoms with Gasteiger partial charge in [0.15, 0.2) is 0 Å². The van der Waals surface area contributed by atoms with E-state index in [1.54, 1.807) is 31.4 Å². The lowest BCUT2D eigenvalue weighted by atomic mass is 10.2.